The third-order valence-corrected chi connectivity index (χ3v) is 4.31. The number of carbonyl (C=O) groups is 1. The lowest BCUT2D eigenvalue weighted by Crippen LogP contribution is -2.00. The molecule has 0 bridgehead atoms. The molecular weight excluding hydrogens is 337 g/mol. The van der Waals surface area contributed by atoms with Gasteiger partial charge in [0.25, 0.3) is 5.69 Å². The van der Waals surface area contributed by atoms with Crippen molar-refractivity contribution in [3.05, 3.63) is 62.1 Å². The predicted molar refractivity (Wildman–Crippen MR) is 80.6 cm³/mol. The van der Waals surface area contributed by atoms with Crippen LogP contribution in [0, 0.1) is 10.1 Å². The van der Waals surface area contributed by atoms with Gasteiger partial charge in [-0.15, -0.1) is 0 Å². The molecule has 108 valence electrons. The Hall–Kier alpha value is -1.76. The maximum Gasteiger partial charge on any atom is 0.336 e. The number of carboxylic acids is 1. The van der Waals surface area contributed by atoms with Gasteiger partial charge in [-0.2, -0.15) is 0 Å². The van der Waals surface area contributed by atoms with E-state index in [-0.39, 0.29) is 16.1 Å². The van der Waals surface area contributed by atoms with Crippen LogP contribution < -0.4 is 0 Å². The van der Waals surface area contributed by atoms with E-state index in [1.807, 2.05) is 0 Å². The van der Waals surface area contributed by atoms with E-state index in [4.69, 9.17) is 28.3 Å². The minimum absolute atomic E-state index is 0.0401. The molecule has 1 N–H and O–H groups in total. The maximum absolute atomic E-state index is 11.2. The van der Waals surface area contributed by atoms with Gasteiger partial charge in [-0.25, -0.2) is 4.79 Å². The average molecular weight is 344 g/mol. The quantitative estimate of drug-likeness (QED) is 0.639. The van der Waals surface area contributed by atoms with E-state index in [9.17, 15) is 14.9 Å². The first-order valence-electron chi connectivity index (χ1n) is 5.53. The van der Waals surface area contributed by atoms with E-state index in [1.165, 1.54) is 12.1 Å². The van der Waals surface area contributed by atoms with Crippen LogP contribution in [0.2, 0.25) is 10.0 Å². The number of non-ortho nitro benzene ring substituents is 1. The van der Waals surface area contributed by atoms with Crippen molar-refractivity contribution in [2.24, 2.45) is 0 Å². The van der Waals surface area contributed by atoms with Crippen molar-refractivity contribution in [2.75, 3.05) is 0 Å². The largest absolute Gasteiger partial charge is 0.478 e. The molecule has 2 rings (SSSR count). The summed E-state index contributed by atoms with van der Waals surface area (Å²) in [5.41, 5.74) is -0.234. The van der Waals surface area contributed by atoms with E-state index < -0.39 is 10.9 Å². The molecule has 0 aliphatic carbocycles. The zero-order valence-corrected chi connectivity index (χ0v) is 12.6. The second-order valence-corrected chi connectivity index (χ2v) is 5.85. The van der Waals surface area contributed by atoms with Crippen LogP contribution in [0.4, 0.5) is 5.69 Å². The van der Waals surface area contributed by atoms with E-state index >= 15 is 0 Å². The van der Waals surface area contributed by atoms with Gasteiger partial charge in [-0.1, -0.05) is 35.0 Å². The number of nitrogens with zero attached hydrogens (tertiary/aromatic N) is 1. The van der Waals surface area contributed by atoms with E-state index in [2.05, 4.69) is 0 Å². The highest BCUT2D eigenvalue weighted by Gasteiger charge is 2.17. The number of hydrogen-bond acceptors (Lipinski definition) is 4. The van der Waals surface area contributed by atoms with Crippen molar-refractivity contribution < 1.29 is 14.8 Å². The number of nitro groups is 1. The second-order valence-electron chi connectivity index (χ2n) is 3.92. The van der Waals surface area contributed by atoms with Crippen LogP contribution >= 0.6 is 35.0 Å². The average Bonchev–Trinajstić information content (AvgIpc) is 2.42. The lowest BCUT2D eigenvalue weighted by molar-refractivity contribution is -0.385. The smallest absolute Gasteiger partial charge is 0.336 e. The summed E-state index contributed by atoms with van der Waals surface area (Å²) < 4.78 is 0. The molecule has 2 aromatic rings. The van der Waals surface area contributed by atoms with Crippen LogP contribution in [0.3, 0.4) is 0 Å². The zero-order valence-electron chi connectivity index (χ0n) is 10.2. The van der Waals surface area contributed by atoms with Gasteiger partial charge in [0.15, 0.2) is 0 Å². The van der Waals surface area contributed by atoms with E-state index in [0.717, 1.165) is 17.8 Å². The van der Waals surface area contributed by atoms with Crippen molar-refractivity contribution in [1.29, 1.82) is 0 Å². The molecule has 2 aromatic carbocycles. The molecule has 0 radical (unpaired) electrons. The Morgan fingerprint density at radius 1 is 1.14 bits per heavy atom. The van der Waals surface area contributed by atoms with Crippen molar-refractivity contribution in [1.82, 2.24) is 0 Å². The van der Waals surface area contributed by atoms with Crippen LogP contribution in [0.5, 0.6) is 0 Å². The second kappa shape index (κ2) is 6.34. The number of hydrogen-bond donors (Lipinski definition) is 1. The molecule has 0 unspecified atom stereocenters. The fraction of sp³-hybridized carbons (Fsp3) is 0. The predicted octanol–water partition coefficient (Wildman–Crippen LogP) is 4.75. The molecule has 0 atom stereocenters. The molecule has 0 saturated carbocycles. The van der Waals surface area contributed by atoms with Gasteiger partial charge in [-0.05, 0) is 24.3 Å². The topological polar surface area (TPSA) is 80.4 Å². The Bertz CT molecular complexity index is 736. The number of benzene rings is 2. The van der Waals surface area contributed by atoms with E-state index in [0.29, 0.717) is 14.9 Å². The van der Waals surface area contributed by atoms with Gasteiger partial charge in [0, 0.05) is 26.9 Å². The Kier molecular flexibility index (Phi) is 4.72. The zero-order chi connectivity index (χ0) is 15.6. The molecule has 0 amide bonds. The van der Waals surface area contributed by atoms with Crippen molar-refractivity contribution in [2.45, 2.75) is 9.79 Å². The van der Waals surface area contributed by atoms with Crippen LogP contribution in [0.15, 0.2) is 46.2 Å². The minimum Gasteiger partial charge on any atom is -0.478 e. The Morgan fingerprint density at radius 2 is 1.86 bits per heavy atom. The number of halogens is 2. The number of carboxylic acid groups (broad SMARTS) is 1. The van der Waals surface area contributed by atoms with Crippen LogP contribution in [-0.2, 0) is 0 Å². The molecular formula is C13H7Cl2NO4S. The molecule has 0 spiro atoms. The fourth-order valence-corrected chi connectivity index (χ4v) is 3.06. The monoisotopic (exact) mass is 343 g/mol. The van der Waals surface area contributed by atoms with Crippen molar-refractivity contribution in [3.8, 4) is 0 Å². The highest BCUT2D eigenvalue weighted by Crippen LogP contribution is 2.38. The van der Waals surface area contributed by atoms with Crippen LogP contribution in [-0.4, -0.2) is 16.0 Å². The van der Waals surface area contributed by atoms with Gasteiger partial charge < -0.3 is 5.11 Å². The molecule has 0 heterocycles. The maximum atomic E-state index is 11.2. The standard InChI is InChI=1S/C13H7Cl2NO4S/c14-7-1-4-10(15)12(5-7)21-11-6-8(16(19)20)2-3-9(11)13(17)18/h1-6H,(H,17,18). The molecule has 0 aliphatic heterocycles. The number of rotatable bonds is 4. The third kappa shape index (κ3) is 3.66. The summed E-state index contributed by atoms with van der Waals surface area (Å²) in [6.07, 6.45) is 0. The number of aromatic carboxylic acids is 1. The van der Waals surface area contributed by atoms with Gasteiger partial charge >= 0.3 is 5.97 Å². The van der Waals surface area contributed by atoms with Crippen LogP contribution in [0.25, 0.3) is 0 Å². The molecule has 8 heteroatoms. The summed E-state index contributed by atoms with van der Waals surface area (Å²) in [6.45, 7) is 0. The highest BCUT2D eigenvalue weighted by molar-refractivity contribution is 7.99. The molecule has 21 heavy (non-hydrogen) atoms. The van der Waals surface area contributed by atoms with E-state index in [1.54, 1.807) is 18.2 Å². The van der Waals surface area contributed by atoms with Crippen molar-refractivity contribution in [3.63, 3.8) is 0 Å². The minimum atomic E-state index is -1.18. The molecule has 5 nitrogen and oxygen atoms in total. The number of nitro benzene ring substituents is 1. The summed E-state index contributed by atoms with van der Waals surface area (Å²) in [5.74, 6) is -1.18. The lowest BCUT2D eigenvalue weighted by atomic mass is 10.2. The Labute approximate surface area is 133 Å². The third-order valence-electron chi connectivity index (χ3n) is 2.52. The summed E-state index contributed by atoms with van der Waals surface area (Å²) >= 11 is 12.9. The lowest BCUT2D eigenvalue weighted by Gasteiger charge is -2.07. The normalized spacial score (nSPS) is 10.4. The first-order chi connectivity index (χ1) is 9.88. The summed E-state index contributed by atoms with van der Waals surface area (Å²) in [5, 5.41) is 20.8. The van der Waals surface area contributed by atoms with Crippen molar-refractivity contribution >= 4 is 46.6 Å². The summed E-state index contributed by atoms with van der Waals surface area (Å²) in [7, 11) is 0. The summed E-state index contributed by atoms with van der Waals surface area (Å²) in [6, 6.07) is 8.28. The summed E-state index contributed by atoms with van der Waals surface area (Å²) in [4.78, 5) is 22.2. The Balaban J connectivity index is 2.50. The van der Waals surface area contributed by atoms with Gasteiger partial charge in [-0.3, -0.25) is 10.1 Å². The van der Waals surface area contributed by atoms with Gasteiger partial charge in [0.2, 0.25) is 0 Å². The molecule has 0 aliphatic rings. The fourth-order valence-electron chi connectivity index (χ4n) is 1.56. The Morgan fingerprint density at radius 3 is 2.48 bits per heavy atom. The highest BCUT2D eigenvalue weighted by atomic mass is 35.5. The van der Waals surface area contributed by atoms with Gasteiger partial charge in [0.05, 0.1) is 15.5 Å². The van der Waals surface area contributed by atoms with Gasteiger partial charge in [0.1, 0.15) is 0 Å². The van der Waals surface area contributed by atoms with Crippen LogP contribution in [0.1, 0.15) is 10.4 Å². The first kappa shape index (κ1) is 15.6. The molecule has 0 fully saturated rings. The molecule has 0 saturated heterocycles. The first-order valence-corrected chi connectivity index (χ1v) is 7.10. The molecule has 0 aromatic heterocycles. The SMILES string of the molecule is O=C(O)c1ccc([N+](=O)[O-])cc1Sc1cc(Cl)ccc1Cl.